The molecule has 0 spiro atoms. The maximum absolute atomic E-state index is 14.6. The number of benzene rings is 1. The fourth-order valence-electron chi connectivity index (χ4n) is 3.96. The summed E-state index contributed by atoms with van der Waals surface area (Å²) in [7, 11) is 0. The van der Waals surface area contributed by atoms with E-state index < -0.39 is 11.6 Å². The highest BCUT2D eigenvalue weighted by Gasteiger charge is 2.20. The number of unbranched alkanes of at least 4 members (excludes halogenated alkanes) is 4. The lowest BCUT2D eigenvalue weighted by molar-refractivity contribution is 0.451. The van der Waals surface area contributed by atoms with E-state index in [2.05, 4.69) is 32.1 Å². The van der Waals surface area contributed by atoms with Crippen LogP contribution >= 0.6 is 0 Å². The fourth-order valence-corrected chi connectivity index (χ4v) is 3.96. The molecule has 1 aliphatic rings. The minimum absolute atomic E-state index is 0.478. The van der Waals surface area contributed by atoms with Crippen molar-refractivity contribution >= 4 is 5.57 Å². The lowest BCUT2D eigenvalue weighted by Crippen LogP contribution is -2.07. The summed E-state index contributed by atoms with van der Waals surface area (Å²) in [5.74, 6) is -0.599. The van der Waals surface area contributed by atoms with Crippen LogP contribution in [0.25, 0.3) is 5.57 Å². The van der Waals surface area contributed by atoms with Crippen LogP contribution in [0.15, 0.2) is 30.4 Å². The molecule has 0 aromatic heterocycles. The third-order valence-electron chi connectivity index (χ3n) is 5.72. The first kappa shape index (κ1) is 21.9. The molecule has 0 amide bonds. The van der Waals surface area contributed by atoms with Crippen molar-refractivity contribution < 1.29 is 8.78 Å². The molecule has 0 saturated heterocycles. The zero-order chi connectivity index (χ0) is 19.5. The predicted octanol–water partition coefficient (Wildman–Crippen LogP) is 8.41. The molecular weight excluding hydrogens is 338 g/mol. The van der Waals surface area contributed by atoms with Crippen LogP contribution in [0, 0.1) is 17.6 Å². The van der Waals surface area contributed by atoms with E-state index in [1.807, 2.05) is 0 Å². The van der Waals surface area contributed by atoms with Gasteiger partial charge in [0.05, 0.1) is 0 Å². The average molecular weight is 375 g/mol. The van der Waals surface area contributed by atoms with Gasteiger partial charge in [0.2, 0.25) is 0 Å². The highest BCUT2D eigenvalue weighted by atomic mass is 19.2. The Kier molecular flexibility index (Phi) is 9.80. The first-order chi connectivity index (χ1) is 13.2. The summed E-state index contributed by atoms with van der Waals surface area (Å²) in [4.78, 5) is 0. The van der Waals surface area contributed by atoms with E-state index >= 15 is 0 Å². The first-order valence-electron chi connectivity index (χ1n) is 11.0. The van der Waals surface area contributed by atoms with E-state index in [0.717, 1.165) is 50.5 Å². The van der Waals surface area contributed by atoms with Crippen LogP contribution in [-0.4, -0.2) is 0 Å². The molecule has 0 saturated carbocycles. The van der Waals surface area contributed by atoms with Crippen LogP contribution in [0.3, 0.4) is 0 Å². The van der Waals surface area contributed by atoms with Gasteiger partial charge in [-0.25, -0.2) is 8.78 Å². The molecule has 1 atom stereocenters. The van der Waals surface area contributed by atoms with Gasteiger partial charge in [0.25, 0.3) is 0 Å². The van der Waals surface area contributed by atoms with Gasteiger partial charge in [-0.15, -0.1) is 0 Å². The van der Waals surface area contributed by atoms with Gasteiger partial charge in [0, 0.05) is 5.56 Å². The average Bonchev–Trinajstić information content (AvgIpc) is 2.69. The first-order valence-corrected chi connectivity index (χ1v) is 11.0. The predicted molar refractivity (Wildman–Crippen MR) is 113 cm³/mol. The Hall–Kier alpha value is -1.44. The van der Waals surface area contributed by atoms with Crippen LogP contribution in [0.1, 0.15) is 95.6 Å². The molecule has 0 heterocycles. The second-order valence-electron chi connectivity index (χ2n) is 7.89. The molecule has 1 aromatic rings. The van der Waals surface area contributed by atoms with E-state index in [0.29, 0.717) is 23.5 Å². The molecule has 1 aliphatic carbocycles. The topological polar surface area (TPSA) is 0 Å². The van der Waals surface area contributed by atoms with Gasteiger partial charge in [0.15, 0.2) is 11.6 Å². The standard InChI is InChI=1S/C25H36F2/c1-3-5-7-9-11-13-22-18-19-23(25(27)24(22)26)21-16-14-20(15-17-21)12-10-8-6-4-2/h6,8,16,18-20H,3-5,7,9-15,17H2,1-2H3/b8-6+. The maximum atomic E-state index is 14.6. The summed E-state index contributed by atoms with van der Waals surface area (Å²) in [6, 6.07) is 3.60. The number of halogens is 2. The molecule has 0 aliphatic heterocycles. The van der Waals surface area contributed by atoms with Crippen LogP contribution in [-0.2, 0) is 6.42 Å². The molecule has 0 radical (unpaired) electrons. The number of aryl methyl sites for hydroxylation is 1. The van der Waals surface area contributed by atoms with Gasteiger partial charge in [-0.3, -0.25) is 0 Å². The second-order valence-corrected chi connectivity index (χ2v) is 7.89. The van der Waals surface area contributed by atoms with Crippen molar-refractivity contribution in [1.82, 2.24) is 0 Å². The van der Waals surface area contributed by atoms with Crippen molar-refractivity contribution in [2.75, 3.05) is 0 Å². The zero-order valence-corrected chi connectivity index (χ0v) is 17.2. The molecule has 1 aromatic carbocycles. The Bertz CT molecular complexity index is 627. The third kappa shape index (κ3) is 6.90. The monoisotopic (exact) mass is 374 g/mol. The Morgan fingerprint density at radius 1 is 1.00 bits per heavy atom. The van der Waals surface area contributed by atoms with Crippen molar-refractivity contribution in [2.24, 2.45) is 5.92 Å². The molecule has 27 heavy (non-hydrogen) atoms. The van der Waals surface area contributed by atoms with Gasteiger partial charge in [-0.05, 0) is 68.4 Å². The highest BCUT2D eigenvalue weighted by Crippen LogP contribution is 2.34. The summed E-state index contributed by atoms with van der Waals surface area (Å²) in [6.45, 7) is 4.33. The Labute approximate surface area is 164 Å². The lowest BCUT2D eigenvalue weighted by atomic mass is 9.84. The molecule has 2 rings (SSSR count). The highest BCUT2D eigenvalue weighted by molar-refractivity contribution is 5.67. The number of hydrogen-bond donors (Lipinski definition) is 0. The fraction of sp³-hybridized carbons (Fsp3) is 0.600. The lowest BCUT2D eigenvalue weighted by Gasteiger charge is -2.22. The zero-order valence-electron chi connectivity index (χ0n) is 17.2. The van der Waals surface area contributed by atoms with Crippen molar-refractivity contribution in [3.05, 3.63) is 53.1 Å². The van der Waals surface area contributed by atoms with E-state index in [9.17, 15) is 8.78 Å². The van der Waals surface area contributed by atoms with E-state index in [1.54, 1.807) is 12.1 Å². The quantitative estimate of drug-likeness (QED) is 0.269. The molecule has 150 valence electrons. The van der Waals surface area contributed by atoms with Gasteiger partial charge in [0.1, 0.15) is 0 Å². The van der Waals surface area contributed by atoms with Gasteiger partial charge < -0.3 is 0 Å². The summed E-state index contributed by atoms with van der Waals surface area (Å²) < 4.78 is 29.1. The molecule has 0 bridgehead atoms. The van der Waals surface area contributed by atoms with Crippen molar-refractivity contribution in [3.63, 3.8) is 0 Å². The second kappa shape index (κ2) is 12.1. The largest absolute Gasteiger partial charge is 0.203 e. The molecular formula is C25H36F2. The number of allylic oxidation sites excluding steroid dienone is 4. The normalized spacial score (nSPS) is 17.5. The number of hydrogen-bond acceptors (Lipinski definition) is 0. The van der Waals surface area contributed by atoms with Crippen molar-refractivity contribution in [2.45, 2.75) is 90.9 Å². The smallest absolute Gasteiger partial charge is 0.166 e. The Balaban J connectivity index is 1.92. The molecule has 2 heteroatoms. The number of rotatable bonds is 11. The van der Waals surface area contributed by atoms with Gasteiger partial charge >= 0.3 is 0 Å². The van der Waals surface area contributed by atoms with E-state index in [-0.39, 0.29) is 0 Å². The molecule has 0 nitrogen and oxygen atoms in total. The van der Waals surface area contributed by atoms with Gasteiger partial charge in [-0.2, -0.15) is 0 Å². The summed E-state index contributed by atoms with van der Waals surface area (Å²) in [5, 5.41) is 0. The summed E-state index contributed by atoms with van der Waals surface area (Å²) >= 11 is 0. The molecule has 0 N–H and O–H groups in total. The third-order valence-corrected chi connectivity index (χ3v) is 5.72. The minimum atomic E-state index is -0.642. The van der Waals surface area contributed by atoms with Crippen molar-refractivity contribution in [1.29, 1.82) is 0 Å². The maximum Gasteiger partial charge on any atom is 0.166 e. The van der Waals surface area contributed by atoms with Gasteiger partial charge in [-0.1, -0.05) is 69.9 Å². The summed E-state index contributed by atoms with van der Waals surface area (Å²) in [5.41, 5.74) is 2.00. The van der Waals surface area contributed by atoms with Crippen LogP contribution in [0.5, 0.6) is 0 Å². The van der Waals surface area contributed by atoms with Crippen LogP contribution < -0.4 is 0 Å². The Morgan fingerprint density at radius 2 is 1.81 bits per heavy atom. The molecule has 1 unspecified atom stereocenters. The van der Waals surface area contributed by atoms with Crippen LogP contribution in [0.2, 0.25) is 0 Å². The van der Waals surface area contributed by atoms with E-state index in [1.165, 1.54) is 25.7 Å². The van der Waals surface area contributed by atoms with Crippen molar-refractivity contribution in [3.8, 4) is 0 Å². The SMILES string of the molecule is CC/C=C/CCC1CC=C(c2ccc(CCCCCCC)c(F)c2F)CC1. The van der Waals surface area contributed by atoms with E-state index in [4.69, 9.17) is 0 Å². The minimum Gasteiger partial charge on any atom is -0.203 e. The summed E-state index contributed by atoms with van der Waals surface area (Å²) in [6.07, 6.45) is 19.2. The Morgan fingerprint density at radius 3 is 2.52 bits per heavy atom. The molecule has 0 fully saturated rings. The van der Waals surface area contributed by atoms with Crippen LogP contribution in [0.4, 0.5) is 8.78 Å².